The van der Waals surface area contributed by atoms with Crippen LogP contribution in [0.25, 0.3) is 0 Å². The van der Waals surface area contributed by atoms with Crippen molar-refractivity contribution in [3.8, 4) is 5.75 Å². The highest BCUT2D eigenvalue weighted by atomic mass is 19.1. The Bertz CT molecular complexity index is 566. The molecule has 1 unspecified atom stereocenters. The fourth-order valence-electron chi connectivity index (χ4n) is 2.18. The van der Waals surface area contributed by atoms with Crippen LogP contribution in [0.5, 0.6) is 5.75 Å². The number of nitrogens with one attached hydrogen (secondary N) is 1. The second-order valence-electron chi connectivity index (χ2n) is 4.97. The molecule has 20 heavy (non-hydrogen) atoms. The van der Waals surface area contributed by atoms with Gasteiger partial charge in [-0.1, -0.05) is 29.8 Å². The van der Waals surface area contributed by atoms with Crippen molar-refractivity contribution in [1.82, 2.24) is 5.32 Å². The van der Waals surface area contributed by atoms with Gasteiger partial charge in [-0.2, -0.15) is 0 Å². The van der Waals surface area contributed by atoms with Crippen LogP contribution in [0.15, 0.2) is 42.5 Å². The molecule has 2 nitrogen and oxygen atoms in total. The first-order chi connectivity index (χ1) is 9.60. The van der Waals surface area contributed by atoms with E-state index in [-0.39, 0.29) is 11.9 Å². The van der Waals surface area contributed by atoms with Gasteiger partial charge in [-0.05, 0) is 37.6 Å². The van der Waals surface area contributed by atoms with E-state index in [0.717, 1.165) is 16.9 Å². The number of ether oxygens (including phenoxy) is 1. The van der Waals surface area contributed by atoms with Crippen LogP contribution in [0.2, 0.25) is 0 Å². The first kappa shape index (κ1) is 14.5. The fourth-order valence-corrected chi connectivity index (χ4v) is 2.18. The molecule has 0 spiro atoms. The lowest BCUT2D eigenvalue weighted by atomic mass is 10.0. The molecule has 3 heteroatoms. The molecule has 2 aromatic rings. The van der Waals surface area contributed by atoms with Gasteiger partial charge in [0, 0.05) is 18.2 Å². The lowest BCUT2D eigenvalue weighted by Crippen LogP contribution is -2.18. The molecule has 0 saturated carbocycles. The summed E-state index contributed by atoms with van der Waals surface area (Å²) in [6.07, 6.45) is 0. The van der Waals surface area contributed by atoms with Gasteiger partial charge in [0.25, 0.3) is 0 Å². The lowest BCUT2D eigenvalue weighted by Gasteiger charge is -2.18. The summed E-state index contributed by atoms with van der Waals surface area (Å²) in [5.74, 6) is 0.678. The van der Waals surface area contributed by atoms with Crippen LogP contribution in [-0.4, -0.2) is 7.11 Å². The first-order valence-corrected chi connectivity index (χ1v) is 6.72. The SMILES string of the molecule is COc1ccc(C)cc1C(C)NCc1ccc(F)cc1. The van der Waals surface area contributed by atoms with Gasteiger partial charge < -0.3 is 10.1 Å². The molecule has 0 aliphatic carbocycles. The summed E-state index contributed by atoms with van der Waals surface area (Å²) < 4.78 is 18.3. The molecule has 0 aromatic heterocycles. The van der Waals surface area contributed by atoms with Crippen molar-refractivity contribution >= 4 is 0 Å². The van der Waals surface area contributed by atoms with Gasteiger partial charge in [0.05, 0.1) is 7.11 Å². The molecule has 2 rings (SSSR count). The second kappa shape index (κ2) is 6.53. The molecule has 0 aliphatic heterocycles. The molecular formula is C17H20FNO. The van der Waals surface area contributed by atoms with Crippen molar-refractivity contribution in [1.29, 1.82) is 0 Å². The Morgan fingerprint density at radius 2 is 1.85 bits per heavy atom. The van der Waals surface area contributed by atoms with E-state index < -0.39 is 0 Å². The fraction of sp³-hybridized carbons (Fsp3) is 0.294. The molecule has 0 bridgehead atoms. The predicted molar refractivity (Wildman–Crippen MR) is 79.4 cm³/mol. The third kappa shape index (κ3) is 3.58. The minimum atomic E-state index is -0.206. The summed E-state index contributed by atoms with van der Waals surface area (Å²) >= 11 is 0. The third-order valence-corrected chi connectivity index (χ3v) is 3.38. The van der Waals surface area contributed by atoms with Gasteiger partial charge in [0.2, 0.25) is 0 Å². The van der Waals surface area contributed by atoms with Crippen LogP contribution in [0, 0.1) is 12.7 Å². The Morgan fingerprint density at radius 3 is 2.50 bits per heavy atom. The molecule has 0 fully saturated rings. The van der Waals surface area contributed by atoms with Crippen LogP contribution < -0.4 is 10.1 Å². The van der Waals surface area contributed by atoms with Gasteiger partial charge >= 0.3 is 0 Å². The molecular weight excluding hydrogens is 253 g/mol. The Kier molecular flexibility index (Phi) is 4.74. The molecule has 0 amide bonds. The molecule has 1 atom stereocenters. The maximum Gasteiger partial charge on any atom is 0.123 e. The Labute approximate surface area is 119 Å². The zero-order valence-electron chi connectivity index (χ0n) is 12.1. The molecule has 0 saturated heterocycles. The standard InChI is InChI=1S/C17H20FNO/c1-12-4-9-17(20-3)16(10-12)13(2)19-11-14-5-7-15(18)8-6-14/h4-10,13,19H,11H2,1-3H3. The number of aryl methyl sites for hydroxylation is 1. The quantitative estimate of drug-likeness (QED) is 0.889. The third-order valence-electron chi connectivity index (χ3n) is 3.38. The van der Waals surface area contributed by atoms with Crippen molar-refractivity contribution < 1.29 is 9.13 Å². The maximum atomic E-state index is 12.9. The monoisotopic (exact) mass is 273 g/mol. The average molecular weight is 273 g/mol. The number of hydrogen-bond acceptors (Lipinski definition) is 2. The minimum Gasteiger partial charge on any atom is -0.496 e. The topological polar surface area (TPSA) is 21.3 Å². The van der Waals surface area contributed by atoms with Gasteiger partial charge in [0.1, 0.15) is 11.6 Å². The largest absolute Gasteiger partial charge is 0.496 e. The number of hydrogen-bond donors (Lipinski definition) is 1. The van der Waals surface area contributed by atoms with Crippen LogP contribution in [0.4, 0.5) is 4.39 Å². The van der Waals surface area contributed by atoms with E-state index in [1.165, 1.54) is 17.7 Å². The number of methoxy groups -OCH3 is 1. The van der Waals surface area contributed by atoms with Crippen LogP contribution >= 0.6 is 0 Å². The van der Waals surface area contributed by atoms with Crippen LogP contribution in [0.3, 0.4) is 0 Å². The zero-order valence-corrected chi connectivity index (χ0v) is 12.1. The summed E-state index contributed by atoms with van der Waals surface area (Å²) in [6, 6.07) is 12.9. The zero-order chi connectivity index (χ0) is 14.5. The Balaban J connectivity index is 2.06. The minimum absolute atomic E-state index is 0.162. The van der Waals surface area contributed by atoms with Gasteiger partial charge in [-0.3, -0.25) is 0 Å². The van der Waals surface area contributed by atoms with Crippen molar-refractivity contribution in [3.05, 3.63) is 65.0 Å². The first-order valence-electron chi connectivity index (χ1n) is 6.72. The van der Waals surface area contributed by atoms with Crippen LogP contribution in [-0.2, 0) is 6.54 Å². The van der Waals surface area contributed by atoms with E-state index in [0.29, 0.717) is 6.54 Å². The van der Waals surface area contributed by atoms with E-state index in [9.17, 15) is 4.39 Å². The van der Waals surface area contributed by atoms with E-state index in [2.05, 4.69) is 25.2 Å². The molecule has 0 aliphatic rings. The smallest absolute Gasteiger partial charge is 0.123 e. The second-order valence-corrected chi connectivity index (χ2v) is 4.97. The normalized spacial score (nSPS) is 12.2. The van der Waals surface area contributed by atoms with Crippen LogP contribution in [0.1, 0.15) is 29.7 Å². The molecule has 0 radical (unpaired) electrons. The lowest BCUT2D eigenvalue weighted by molar-refractivity contribution is 0.401. The Morgan fingerprint density at radius 1 is 1.15 bits per heavy atom. The summed E-state index contributed by atoms with van der Waals surface area (Å²) in [6.45, 7) is 4.86. The summed E-state index contributed by atoms with van der Waals surface area (Å²) in [5.41, 5.74) is 3.40. The summed E-state index contributed by atoms with van der Waals surface area (Å²) in [7, 11) is 1.68. The number of rotatable bonds is 5. The molecule has 0 heterocycles. The van der Waals surface area contributed by atoms with Gasteiger partial charge in [0.15, 0.2) is 0 Å². The highest BCUT2D eigenvalue weighted by Gasteiger charge is 2.11. The highest BCUT2D eigenvalue weighted by Crippen LogP contribution is 2.26. The average Bonchev–Trinajstić information content (AvgIpc) is 2.46. The molecule has 1 N–H and O–H groups in total. The molecule has 106 valence electrons. The van der Waals surface area contributed by atoms with Gasteiger partial charge in [-0.25, -0.2) is 4.39 Å². The summed E-state index contributed by atoms with van der Waals surface area (Å²) in [4.78, 5) is 0. The van der Waals surface area contributed by atoms with Crippen molar-refractivity contribution in [2.45, 2.75) is 26.4 Å². The van der Waals surface area contributed by atoms with Crippen molar-refractivity contribution in [2.24, 2.45) is 0 Å². The summed E-state index contributed by atoms with van der Waals surface area (Å²) in [5, 5.41) is 3.43. The van der Waals surface area contributed by atoms with Crippen molar-refractivity contribution in [2.75, 3.05) is 7.11 Å². The maximum absolute atomic E-state index is 12.9. The van der Waals surface area contributed by atoms with E-state index in [1.807, 2.05) is 12.1 Å². The highest BCUT2D eigenvalue weighted by molar-refractivity contribution is 5.38. The van der Waals surface area contributed by atoms with E-state index in [4.69, 9.17) is 4.74 Å². The predicted octanol–water partition coefficient (Wildman–Crippen LogP) is 3.99. The number of benzene rings is 2. The van der Waals surface area contributed by atoms with Crippen molar-refractivity contribution in [3.63, 3.8) is 0 Å². The van der Waals surface area contributed by atoms with E-state index >= 15 is 0 Å². The molecule has 2 aromatic carbocycles. The van der Waals surface area contributed by atoms with E-state index in [1.54, 1.807) is 19.2 Å². The van der Waals surface area contributed by atoms with Gasteiger partial charge in [-0.15, -0.1) is 0 Å². The Hall–Kier alpha value is -1.87. The number of halogens is 1.